The van der Waals surface area contributed by atoms with Crippen molar-refractivity contribution in [3.8, 4) is 0 Å². The first-order valence-electron chi connectivity index (χ1n) is 8.49. The summed E-state index contributed by atoms with van der Waals surface area (Å²) in [7, 11) is -4.07. The van der Waals surface area contributed by atoms with E-state index in [4.69, 9.17) is 5.73 Å². The van der Waals surface area contributed by atoms with E-state index >= 15 is 0 Å². The van der Waals surface area contributed by atoms with Crippen molar-refractivity contribution in [1.29, 1.82) is 0 Å². The molecule has 0 saturated heterocycles. The molecule has 0 aromatic heterocycles. The van der Waals surface area contributed by atoms with Gasteiger partial charge in [0.05, 0.1) is 4.90 Å². The number of Topliss-reactive ketones (excluding diaryl/α,β-unsaturated/α-hetero) is 2. The van der Waals surface area contributed by atoms with Gasteiger partial charge in [0.1, 0.15) is 11.4 Å². The monoisotopic (exact) mass is 392 g/mol. The topological polar surface area (TPSA) is 106 Å². The molecule has 140 valence electrons. The molecule has 0 atom stereocenters. The minimum absolute atomic E-state index is 0.0250. The van der Waals surface area contributed by atoms with Crippen molar-refractivity contribution in [2.45, 2.75) is 11.8 Å². The molecule has 0 unspecified atom stereocenters. The highest BCUT2D eigenvalue weighted by Crippen LogP contribution is 2.28. The summed E-state index contributed by atoms with van der Waals surface area (Å²) in [5, 5.41) is 1.56. The van der Waals surface area contributed by atoms with Crippen LogP contribution in [0.15, 0.2) is 77.0 Å². The normalized spacial score (nSPS) is 14.3. The third-order valence-corrected chi connectivity index (χ3v) is 6.05. The molecule has 3 aromatic carbocycles. The predicted octanol–water partition coefficient (Wildman–Crippen LogP) is 2.68. The summed E-state index contributed by atoms with van der Waals surface area (Å²) < 4.78 is 27.5. The lowest BCUT2D eigenvalue weighted by molar-refractivity contribution is 0.0970. The van der Waals surface area contributed by atoms with E-state index in [1.807, 2.05) is 31.2 Å². The second-order valence-corrected chi connectivity index (χ2v) is 8.29. The third-order valence-electron chi connectivity index (χ3n) is 4.68. The van der Waals surface area contributed by atoms with Gasteiger partial charge in [0, 0.05) is 11.1 Å². The minimum Gasteiger partial charge on any atom is -0.394 e. The highest BCUT2D eigenvalue weighted by Gasteiger charge is 2.33. The summed E-state index contributed by atoms with van der Waals surface area (Å²) in [6.07, 6.45) is 0. The van der Waals surface area contributed by atoms with E-state index in [1.54, 1.807) is 24.3 Å². The molecule has 0 saturated carbocycles. The second kappa shape index (κ2) is 6.31. The summed E-state index contributed by atoms with van der Waals surface area (Å²) in [6, 6.07) is 16.6. The standard InChI is InChI=1S/C21H16N2O4S/c1-12-6-8-15(9-7-12)28(26,27)23-19-18(22)20(24)16-10-13-4-2-3-5-14(13)11-17(16)21(19)25/h2-11,23H,22H2,1H3. The van der Waals surface area contributed by atoms with Crippen molar-refractivity contribution in [2.75, 3.05) is 0 Å². The molecule has 0 amide bonds. The average Bonchev–Trinajstić information content (AvgIpc) is 2.69. The van der Waals surface area contributed by atoms with Crippen molar-refractivity contribution < 1.29 is 18.0 Å². The Morgan fingerprint density at radius 2 is 1.36 bits per heavy atom. The number of fused-ring (bicyclic) bond motifs is 2. The Hall–Kier alpha value is -3.45. The molecule has 6 nitrogen and oxygen atoms in total. The van der Waals surface area contributed by atoms with Crippen LogP contribution in [0.2, 0.25) is 0 Å². The number of sulfonamides is 1. The van der Waals surface area contributed by atoms with Crippen LogP contribution in [0.3, 0.4) is 0 Å². The number of carbonyl (C=O) groups excluding carboxylic acids is 2. The maximum atomic E-state index is 13.0. The number of aryl methyl sites for hydroxylation is 1. The molecule has 3 N–H and O–H groups in total. The molecule has 0 bridgehead atoms. The van der Waals surface area contributed by atoms with E-state index in [0.29, 0.717) is 0 Å². The van der Waals surface area contributed by atoms with Crippen molar-refractivity contribution in [1.82, 2.24) is 4.72 Å². The summed E-state index contributed by atoms with van der Waals surface area (Å²) >= 11 is 0. The number of nitrogens with two attached hydrogens (primary N) is 1. The zero-order chi connectivity index (χ0) is 20.1. The Kier molecular flexibility index (Phi) is 4.05. The Morgan fingerprint density at radius 1 is 0.821 bits per heavy atom. The third kappa shape index (κ3) is 2.86. The van der Waals surface area contributed by atoms with Gasteiger partial charge in [0.2, 0.25) is 11.6 Å². The number of hydrogen-bond donors (Lipinski definition) is 2. The molecule has 1 aliphatic carbocycles. The summed E-state index contributed by atoms with van der Waals surface area (Å²) in [6.45, 7) is 1.83. The van der Waals surface area contributed by atoms with Crippen LogP contribution in [0.25, 0.3) is 10.8 Å². The molecule has 0 radical (unpaired) electrons. The Balaban J connectivity index is 1.80. The minimum atomic E-state index is -4.07. The van der Waals surface area contributed by atoms with Crippen LogP contribution in [0.4, 0.5) is 0 Å². The Morgan fingerprint density at radius 3 is 1.93 bits per heavy atom. The number of rotatable bonds is 3. The molecule has 0 heterocycles. The predicted molar refractivity (Wildman–Crippen MR) is 105 cm³/mol. The van der Waals surface area contributed by atoms with Crippen LogP contribution in [0.5, 0.6) is 0 Å². The van der Waals surface area contributed by atoms with E-state index in [9.17, 15) is 18.0 Å². The number of ketones is 2. The van der Waals surface area contributed by atoms with Gasteiger partial charge in [-0.05, 0) is 42.0 Å². The van der Waals surface area contributed by atoms with Crippen LogP contribution in [-0.2, 0) is 10.0 Å². The SMILES string of the molecule is Cc1ccc(S(=O)(=O)NC2=C(N)C(=O)c3cc4ccccc4cc3C2=O)cc1. The van der Waals surface area contributed by atoms with Gasteiger partial charge < -0.3 is 5.73 Å². The molecule has 0 fully saturated rings. The van der Waals surface area contributed by atoms with Gasteiger partial charge in [0.15, 0.2) is 0 Å². The van der Waals surface area contributed by atoms with E-state index in [0.717, 1.165) is 16.3 Å². The zero-order valence-corrected chi connectivity index (χ0v) is 15.7. The molecule has 3 aromatic rings. The molecule has 28 heavy (non-hydrogen) atoms. The molecule has 0 spiro atoms. The number of hydrogen-bond acceptors (Lipinski definition) is 5. The molecule has 7 heteroatoms. The van der Waals surface area contributed by atoms with Crippen LogP contribution in [0.1, 0.15) is 26.3 Å². The Labute approximate surface area is 161 Å². The first-order valence-corrected chi connectivity index (χ1v) is 9.98. The molecule has 1 aliphatic rings. The maximum Gasteiger partial charge on any atom is 0.262 e. The quantitative estimate of drug-likeness (QED) is 0.713. The fourth-order valence-corrected chi connectivity index (χ4v) is 4.23. The van der Waals surface area contributed by atoms with Gasteiger partial charge in [-0.2, -0.15) is 0 Å². The fourth-order valence-electron chi connectivity index (χ4n) is 3.14. The van der Waals surface area contributed by atoms with Crippen molar-refractivity contribution in [3.05, 3.63) is 88.7 Å². The lowest BCUT2D eigenvalue weighted by Crippen LogP contribution is -2.36. The lowest BCUT2D eigenvalue weighted by Gasteiger charge is -2.20. The van der Waals surface area contributed by atoms with Gasteiger partial charge >= 0.3 is 0 Å². The van der Waals surface area contributed by atoms with Gasteiger partial charge in [0.25, 0.3) is 10.0 Å². The fraction of sp³-hybridized carbons (Fsp3) is 0.0476. The van der Waals surface area contributed by atoms with E-state index < -0.39 is 33.0 Å². The second-order valence-electron chi connectivity index (χ2n) is 6.61. The van der Waals surface area contributed by atoms with Crippen molar-refractivity contribution >= 4 is 32.4 Å². The highest BCUT2D eigenvalue weighted by atomic mass is 32.2. The number of allylic oxidation sites excluding steroid dienone is 2. The van der Waals surface area contributed by atoms with Gasteiger partial charge in [-0.15, -0.1) is 0 Å². The maximum absolute atomic E-state index is 13.0. The number of nitrogens with one attached hydrogen (secondary N) is 1. The van der Waals surface area contributed by atoms with E-state index in [1.165, 1.54) is 12.1 Å². The number of benzene rings is 3. The number of carbonyl (C=O) groups is 2. The van der Waals surface area contributed by atoms with Crippen LogP contribution in [-0.4, -0.2) is 20.0 Å². The summed E-state index contributed by atoms with van der Waals surface area (Å²) in [4.78, 5) is 25.7. The summed E-state index contributed by atoms with van der Waals surface area (Å²) in [5.74, 6) is -1.21. The first-order chi connectivity index (χ1) is 13.3. The molecular formula is C21H16N2O4S. The zero-order valence-electron chi connectivity index (χ0n) is 14.9. The van der Waals surface area contributed by atoms with Crippen LogP contribution < -0.4 is 10.5 Å². The lowest BCUT2D eigenvalue weighted by atomic mass is 9.88. The van der Waals surface area contributed by atoms with Crippen LogP contribution in [0, 0.1) is 6.92 Å². The largest absolute Gasteiger partial charge is 0.394 e. The average molecular weight is 392 g/mol. The summed E-state index contributed by atoms with van der Waals surface area (Å²) in [5.41, 5.74) is 6.21. The first kappa shape index (κ1) is 17.9. The molecule has 0 aliphatic heterocycles. The van der Waals surface area contributed by atoms with Crippen LogP contribution >= 0.6 is 0 Å². The Bertz CT molecular complexity index is 1290. The van der Waals surface area contributed by atoms with Gasteiger partial charge in [-0.1, -0.05) is 42.0 Å². The smallest absolute Gasteiger partial charge is 0.262 e. The van der Waals surface area contributed by atoms with E-state index in [2.05, 4.69) is 4.72 Å². The molecular weight excluding hydrogens is 376 g/mol. The van der Waals surface area contributed by atoms with E-state index in [-0.39, 0.29) is 16.0 Å². The van der Waals surface area contributed by atoms with Crippen molar-refractivity contribution in [3.63, 3.8) is 0 Å². The van der Waals surface area contributed by atoms with Gasteiger partial charge in [-0.3, -0.25) is 14.3 Å². The van der Waals surface area contributed by atoms with Crippen molar-refractivity contribution in [2.24, 2.45) is 5.73 Å². The van der Waals surface area contributed by atoms with Gasteiger partial charge in [-0.25, -0.2) is 8.42 Å². The molecule has 4 rings (SSSR count). The highest BCUT2D eigenvalue weighted by molar-refractivity contribution is 7.89.